The summed E-state index contributed by atoms with van der Waals surface area (Å²) in [5.41, 5.74) is 2.88. The molecule has 0 bridgehead atoms. The van der Waals surface area contributed by atoms with Gasteiger partial charge in [0, 0.05) is 12.8 Å². The Morgan fingerprint density at radius 3 is 2.55 bits per heavy atom. The highest BCUT2D eigenvalue weighted by Gasteiger charge is 2.16. The second-order valence-corrected chi connectivity index (χ2v) is 11.8. The van der Waals surface area contributed by atoms with Crippen molar-refractivity contribution in [1.29, 1.82) is 5.26 Å². The molecule has 13 heteroatoms. The molecule has 0 amide bonds. The number of sulfonamides is 1. The molecule has 0 fully saturated rings. The number of carboxylic acids is 1. The number of nitrogens with zero attached hydrogens (tertiary/aromatic N) is 3. The number of halogens is 1. The molecular weight excluding hydrogens is 584 g/mol. The molecule has 2 aromatic carbocycles. The van der Waals surface area contributed by atoms with Crippen LogP contribution in [0.2, 0.25) is 5.02 Å². The maximum absolute atomic E-state index is 11.4. The number of ether oxygens (including phenoxy) is 3. The Morgan fingerprint density at radius 1 is 1.12 bits per heavy atom. The monoisotopic (exact) mass is 616 g/mol. The lowest BCUT2D eigenvalue weighted by Crippen LogP contribution is -2.13. The molecule has 0 aliphatic carbocycles. The van der Waals surface area contributed by atoms with Crippen molar-refractivity contribution in [2.45, 2.75) is 45.1 Å². The largest absolute Gasteiger partial charge is 0.491 e. The summed E-state index contributed by atoms with van der Waals surface area (Å²) in [6.07, 6.45) is 5.42. The van der Waals surface area contributed by atoms with Gasteiger partial charge in [0.25, 0.3) is 0 Å². The van der Waals surface area contributed by atoms with Gasteiger partial charge in [-0.25, -0.2) is 23.2 Å². The number of benzene rings is 2. The topological polar surface area (TPSA) is 161 Å². The van der Waals surface area contributed by atoms with Gasteiger partial charge in [-0.3, -0.25) is 4.72 Å². The summed E-state index contributed by atoms with van der Waals surface area (Å²) < 4.78 is 41.6. The highest BCUT2D eigenvalue weighted by Crippen LogP contribution is 2.34. The Bertz CT molecular complexity index is 1490. The number of carbonyl (C=O) groups is 1. The normalized spacial score (nSPS) is 11.9. The summed E-state index contributed by atoms with van der Waals surface area (Å²) >= 11 is 6.51. The maximum atomic E-state index is 11.4. The third-order valence-electron chi connectivity index (χ3n) is 6.00. The summed E-state index contributed by atoms with van der Waals surface area (Å²) in [5, 5.41) is 18.7. The minimum Gasteiger partial charge on any atom is -0.491 e. The number of hydrogen-bond acceptors (Lipinski definition) is 9. The fourth-order valence-corrected chi connectivity index (χ4v) is 4.70. The molecule has 0 aliphatic heterocycles. The van der Waals surface area contributed by atoms with Crippen molar-refractivity contribution in [1.82, 2.24) is 9.97 Å². The number of anilines is 1. The lowest BCUT2D eigenvalue weighted by atomic mass is 9.92. The van der Waals surface area contributed by atoms with Crippen molar-refractivity contribution in [3.05, 3.63) is 76.1 Å². The first-order chi connectivity index (χ1) is 20.0. The zero-order chi connectivity index (χ0) is 30.5. The highest BCUT2D eigenvalue weighted by molar-refractivity contribution is 7.91. The van der Waals surface area contributed by atoms with Crippen LogP contribution < -0.4 is 14.2 Å². The zero-order valence-electron chi connectivity index (χ0n) is 23.4. The van der Waals surface area contributed by atoms with E-state index in [-0.39, 0.29) is 25.1 Å². The van der Waals surface area contributed by atoms with E-state index in [0.29, 0.717) is 53.8 Å². The third kappa shape index (κ3) is 11.2. The Kier molecular flexibility index (Phi) is 12.3. The second kappa shape index (κ2) is 15.9. The molecule has 2 N–H and O–H groups in total. The highest BCUT2D eigenvalue weighted by atomic mass is 35.5. The lowest BCUT2D eigenvalue weighted by molar-refractivity contribution is -0.142. The molecule has 3 rings (SSSR count). The number of rotatable bonds is 17. The van der Waals surface area contributed by atoms with Crippen molar-refractivity contribution in [3.8, 4) is 17.6 Å². The summed E-state index contributed by atoms with van der Waals surface area (Å²) in [4.78, 5) is 18.5. The first kappa shape index (κ1) is 32.6. The van der Waals surface area contributed by atoms with E-state index in [0.717, 1.165) is 30.2 Å². The van der Waals surface area contributed by atoms with E-state index in [9.17, 15) is 18.5 Å². The van der Waals surface area contributed by atoms with Crippen molar-refractivity contribution in [3.63, 3.8) is 0 Å². The maximum Gasteiger partial charge on any atom is 0.329 e. The predicted octanol–water partition coefficient (Wildman–Crippen LogP) is 4.95. The van der Waals surface area contributed by atoms with E-state index in [1.165, 1.54) is 6.20 Å². The zero-order valence-corrected chi connectivity index (χ0v) is 24.9. The van der Waals surface area contributed by atoms with Crippen LogP contribution in [0.25, 0.3) is 0 Å². The van der Waals surface area contributed by atoms with Gasteiger partial charge in [0.15, 0.2) is 5.75 Å². The van der Waals surface area contributed by atoms with Crippen molar-refractivity contribution in [2.75, 3.05) is 30.8 Å². The molecule has 1 unspecified atom stereocenters. The smallest absolute Gasteiger partial charge is 0.329 e. The van der Waals surface area contributed by atoms with Crippen LogP contribution in [-0.4, -0.2) is 55.5 Å². The Hall–Kier alpha value is -3.92. The minimum atomic E-state index is -3.48. The average Bonchev–Trinajstić information content (AvgIpc) is 2.93. The Balaban J connectivity index is 1.51. The summed E-state index contributed by atoms with van der Waals surface area (Å²) in [7, 11) is -3.48. The van der Waals surface area contributed by atoms with E-state index in [1.807, 2.05) is 30.3 Å². The Morgan fingerprint density at radius 2 is 1.86 bits per heavy atom. The van der Waals surface area contributed by atoms with Gasteiger partial charge in [0.1, 0.15) is 25.0 Å². The SMILES string of the molecule is CC(Cc1ccc(OCc2ccnc(NS(C)(=O)=O)n2)cc1)c1cc(Cl)c(OCCCCCOCC(=O)O)c(C#N)c1. The molecule has 0 aliphatic rings. The van der Waals surface area contributed by atoms with Gasteiger partial charge in [0.2, 0.25) is 16.0 Å². The fourth-order valence-electron chi connectivity index (χ4n) is 3.99. The Labute approximate surface area is 250 Å². The first-order valence-corrected chi connectivity index (χ1v) is 15.5. The number of unbranched alkanes of at least 4 members (excludes halogenated alkanes) is 2. The molecule has 42 heavy (non-hydrogen) atoms. The number of nitriles is 1. The lowest BCUT2D eigenvalue weighted by Gasteiger charge is -2.16. The van der Waals surface area contributed by atoms with Gasteiger partial charge < -0.3 is 19.3 Å². The molecule has 0 saturated heterocycles. The molecule has 11 nitrogen and oxygen atoms in total. The van der Waals surface area contributed by atoms with Gasteiger partial charge in [-0.05, 0) is 73.1 Å². The van der Waals surface area contributed by atoms with Crippen LogP contribution in [0.4, 0.5) is 5.95 Å². The van der Waals surface area contributed by atoms with E-state index in [2.05, 4.69) is 27.7 Å². The van der Waals surface area contributed by atoms with Gasteiger partial charge in [0.05, 0.1) is 29.1 Å². The van der Waals surface area contributed by atoms with Crippen molar-refractivity contribution < 1.29 is 32.5 Å². The number of hydrogen-bond donors (Lipinski definition) is 2. The quantitative estimate of drug-likeness (QED) is 0.199. The van der Waals surface area contributed by atoms with Gasteiger partial charge in [-0.1, -0.05) is 30.7 Å². The van der Waals surface area contributed by atoms with Gasteiger partial charge in [-0.15, -0.1) is 0 Å². The predicted molar refractivity (Wildman–Crippen MR) is 157 cm³/mol. The molecular formula is C29H33ClN4O7S. The van der Waals surface area contributed by atoms with Crippen LogP contribution in [0.5, 0.6) is 11.5 Å². The van der Waals surface area contributed by atoms with Gasteiger partial charge in [-0.2, -0.15) is 5.26 Å². The van der Waals surface area contributed by atoms with Gasteiger partial charge >= 0.3 is 5.97 Å². The summed E-state index contributed by atoms with van der Waals surface area (Å²) in [5.74, 6) is 0.0629. The van der Waals surface area contributed by atoms with Crippen molar-refractivity contribution in [2.24, 2.45) is 0 Å². The number of aromatic nitrogens is 2. The number of carboxylic acid groups (broad SMARTS) is 1. The number of aliphatic carboxylic acids is 1. The standard InChI is InChI=1S/C29H33ClN4O7S/c1-20(22-15-23(17-31)28(26(30)16-22)40-13-5-3-4-12-39-19-27(35)36)14-21-6-8-25(9-7-21)41-18-24-10-11-32-29(33-24)34-42(2,37)38/h6-11,15-16,20H,3-5,12-14,18-19H2,1-2H3,(H,35,36)(H,32,33,34). The van der Waals surface area contributed by atoms with Crippen LogP contribution >= 0.6 is 11.6 Å². The van der Waals surface area contributed by atoms with Crippen LogP contribution in [0, 0.1) is 11.3 Å². The van der Waals surface area contributed by atoms with Crippen LogP contribution in [-0.2, 0) is 32.6 Å². The molecule has 1 aromatic heterocycles. The molecule has 224 valence electrons. The van der Waals surface area contributed by atoms with E-state index in [1.54, 1.807) is 12.1 Å². The molecule has 1 heterocycles. The fraction of sp³-hybridized carbons (Fsp3) is 0.379. The summed E-state index contributed by atoms with van der Waals surface area (Å²) in [6, 6.07) is 15.1. The molecule has 0 saturated carbocycles. The van der Waals surface area contributed by atoms with Crippen LogP contribution in [0.15, 0.2) is 48.7 Å². The molecule has 0 spiro atoms. The molecule has 3 aromatic rings. The first-order valence-electron chi connectivity index (χ1n) is 13.2. The van der Waals surface area contributed by atoms with E-state index >= 15 is 0 Å². The van der Waals surface area contributed by atoms with Crippen LogP contribution in [0.1, 0.15) is 54.5 Å². The average molecular weight is 617 g/mol. The second-order valence-electron chi connectivity index (χ2n) is 9.63. The minimum absolute atomic E-state index is 0.0144. The van der Waals surface area contributed by atoms with E-state index < -0.39 is 16.0 Å². The van der Waals surface area contributed by atoms with Crippen molar-refractivity contribution >= 4 is 33.5 Å². The molecule has 0 radical (unpaired) electrons. The third-order valence-corrected chi connectivity index (χ3v) is 6.84. The van der Waals surface area contributed by atoms with Crippen LogP contribution in [0.3, 0.4) is 0 Å². The summed E-state index contributed by atoms with van der Waals surface area (Å²) in [6.45, 7) is 2.65. The van der Waals surface area contributed by atoms with E-state index in [4.69, 9.17) is 30.9 Å². The molecule has 1 atom stereocenters. The number of nitrogens with one attached hydrogen (secondary N) is 1.